The van der Waals surface area contributed by atoms with Gasteiger partial charge in [0.05, 0.1) is 26.0 Å². The summed E-state index contributed by atoms with van der Waals surface area (Å²) in [4.78, 5) is 12.4. The second-order valence-corrected chi connectivity index (χ2v) is 18.8. The van der Waals surface area contributed by atoms with Crippen molar-refractivity contribution in [1.82, 2.24) is 21.7 Å². The Labute approximate surface area is 758 Å². The van der Waals surface area contributed by atoms with E-state index < -0.39 is 0 Å². The van der Waals surface area contributed by atoms with Crippen LogP contribution in [0.1, 0.15) is 544 Å². The highest BCUT2D eigenvalue weighted by Crippen LogP contribution is 2.22. The van der Waals surface area contributed by atoms with Gasteiger partial charge in [0.1, 0.15) is 13.2 Å². The Morgan fingerprint density at radius 3 is 0.703 bits per heavy atom. The molecule has 11 heteroatoms. The molecule has 118 heavy (non-hydrogen) atoms. The molecule has 5 fully saturated rings. The Hall–Kier alpha value is -4.51. The van der Waals surface area contributed by atoms with Crippen LogP contribution in [0.4, 0.5) is 0 Å². The van der Waals surface area contributed by atoms with E-state index in [0.29, 0.717) is 0 Å². The zero-order chi connectivity index (χ0) is 98.2. The molecule has 5 saturated carbocycles. The molecule has 0 saturated heterocycles. The number of hydrogen-bond acceptors (Lipinski definition) is 11. The Bertz CT molecular complexity index is 1310. The molecule has 0 aromatic rings. The van der Waals surface area contributed by atoms with Gasteiger partial charge in [-0.15, -0.1) is 5.10 Å². The van der Waals surface area contributed by atoms with Crippen molar-refractivity contribution in [1.29, 1.82) is 0 Å². The summed E-state index contributed by atoms with van der Waals surface area (Å²) in [7, 11) is 0. The molecule has 4 N–H and O–H groups in total. The second-order valence-electron chi connectivity index (χ2n) is 18.8. The number of hydrogen-bond donors (Lipinski definition) is 4. The molecular formula is C107H247N9O2. The van der Waals surface area contributed by atoms with E-state index in [0.717, 1.165) is 65.2 Å². The van der Waals surface area contributed by atoms with Gasteiger partial charge in [-0.25, -0.2) is 5.43 Å². The zero-order valence-electron chi connectivity index (χ0n) is 92.5. The van der Waals surface area contributed by atoms with Crippen molar-refractivity contribution < 1.29 is 9.57 Å². The lowest BCUT2D eigenvalue weighted by Crippen LogP contribution is -2.36. The van der Waals surface area contributed by atoms with E-state index in [-0.39, 0.29) is 0 Å². The monoisotopic (exact) mass is 1690 g/mol. The van der Waals surface area contributed by atoms with Gasteiger partial charge in [0.25, 0.3) is 0 Å². The molecule has 5 aliphatic heterocycles. The molecule has 0 spiro atoms. The van der Waals surface area contributed by atoms with Crippen LogP contribution in [0.25, 0.3) is 0 Å². The van der Waals surface area contributed by atoms with Crippen LogP contribution >= 0.6 is 0 Å². The number of rotatable bonds is 0. The molecule has 0 bridgehead atoms. The molecule has 0 amide bonds. The van der Waals surface area contributed by atoms with Crippen LogP contribution in [-0.4, -0.2) is 77.3 Å². The summed E-state index contributed by atoms with van der Waals surface area (Å²) in [5.74, 6) is 0. The van der Waals surface area contributed by atoms with Gasteiger partial charge in [-0.05, 0) is 141 Å². The van der Waals surface area contributed by atoms with Crippen molar-refractivity contribution in [3.8, 4) is 0 Å². The number of hydrazone groups is 2. The molecule has 0 radical (unpaired) electrons. The molecule has 0 atom stereocenters. The van der Waals surface area contributed by atoms with Crippen LogP contribution in [0, 0.1) is 0 Å². The van der Waals surface area contributed by atoms with E-state index in [1.807, 2.05) is 351 Å². The minimum atomic E-state index is 0.740. The molecular weight excluding hydrogens is 1440 g/mol. The third-order valence-electron chi connectivity index (χ3n) is 12.1. The van der Waals surface area contributed by atoms with Crippen molar-refractivity contribution in [2.24, 2.45) is 25.3 Å². The fourth-order valence-electron chi connectivity index (χ4n) is 7.75. The zero-order valence-corrected chi connectivity index (χ0v) is 92.5. The first-order chi connectivity index (χ1) is 58.6. The van der Waals surface area contributed by atoms with E-state index in [9.17, 15) is 0 Å². The normalized spacial score (nSPS) is 13.7. The van der Waals surface area contributed by atoms with Crippen molar-refractivity contribution in [2.75, 3.05) is 45.9 Å². The van der Waals surface area contributed by atoms with Gasteiger partial charge >= 0.3 is 0 Å². The lowest BCUT2D eigenvalue weighted by molar-refractivity contribution is 0.134. The largest absolute Gasteiger partial charge is 0.480 e. The maximum atomic E-state index is 4.72. The molecule has 732 valence electrons. The lowest BCUT2D eigenvalue weighted by Gasteiger charge is -2.10. The summed E-state index contributed by atoms with van der Waals surface area (Å²) in [5, 5.41) is 10.9. The summed E-state index contributed by atoms with van der Waals surface area (Å²) in [6, 6.07) is 0. The van der Waals surface area contributed by atoms with Crippen LogP contribution in [0.5, 0.6) is 0 Å². The van der Waals surface area contributed by atoms with Gasteiger partial charge < -0.3 is 25.9 Å². The fourth-order valence-corrected chi connectivity index (χ4v) is 7.75. The van der Waals surface area contributed by atoms with E-state index in [2.05, 4.69) is 103 Å². The van der Waals surface area contributed by atoms with Crippen molar-refractivity contribution >= 4 is 31.4 Å². The van der Waals surface area contributed by atoms with Crippen molar-refractivity contribution in [2.45, 2.75) is 544 Å². The number of hydrazine groups is 1. The van der Waals surface area contributed by atoms with Crippen LogP contribution < -0.4 is 21.7 Å². The van der Waals surface area contributed by atoms with E-state index in [1.54, 1.807) is 18.8 Å². The molecule has 0 aromatic carbocycles. The highest BCUT2D eigenvalue weighted by molar-refractivity contribution is 5.73. The number of ether oxygens (including phenoxy) is 1. The number of allylic oxidation sites excluding steroid dienone is 9. The summed E-state index contributed by atoms with van der Waals surface area (Å²) in [6.07, 6.45) is 66.3. The average molecular weight is 1690 g/mol. The standard InChI is InChI=1S/C7H12.2C6H10.C6H8.C6H12.C5H10.C5H8.C4H8N2.C4H7NO.C4H5N.C3H7N3.C3H6N2O.24C2H6/c1-7-5-3-2-4-6-7;3*1-6-4-2-3-5-6;1-2-4-6-5-3-1;2*1-2-4-5-3-1;2*1-2-4-6-5-3-1;1-2-4-5-3-1;1-2-5-6-3-4-1;1-2-6-3-5-4-1;24*1-2/h1-6H2;2*1-5H2;2,4H,1,3,5H2;1-6H2;1-5H2;1-2H,3-5H2;3,6H,1-2,4H2;3H,1-2,4H2;1-3H,4H2;3,5H,1-2H2,(H,4,6);3-4H,1-2H2;24*1-2H3. The van der Waals surface area contributed by atoms with E-state index in [1.165, 1.54) is 221 Å². The predicted molar refractivity (Wildman–Crippen MR) is 580 cm³/mol. The number of oxime groups is 1. The van der Waals surface area contributed by atoms with Gasteiger partial charge in [-0.2, -0.15) is 5.10 Å². The molecule has 11 nitrogen and oxygen atoms in total. The Balaban J connectivity index is -0.0000000355. The third-order valence-corrected chi connectivity index (χ3v) is 12.1. The minimum Gasteiger partial charge on any atom is -0.480 e. The summed E-state index contributed by atoms with van der Waals surface area (Å²) >= 11 is 0. The highest BCUT2D eigenvalue weighted by atomic mass is 16.6. The summed E-state index contributed by atoms with van der Waals surface area (Å²) in [6.45, 7) is 118. The van der Waals surface area contributed by atoms with Crippen LogP contribution in [0.2, 0.25) is 0 Å². The maximum Gasteiger partial charge on any atom is 0.192 e. The smallest absolute Gasteiger partial charge is 0.192 e. The minimum absolute atomic E-state index is 0.740. The first-order valence-corrected chi connectivity index (χ1v) is 51.9. The van der Waals surface area contributed by atoms with Gasteiger partial charge in [-0.1, -0.05) is 494 Å². The molecule has 5 heterocycles. The Morgan fingerprint density at radius 1 is 0.288 bits per heavy atom. The van der Waals surface area contributed by atoms with Gasteiger partial charge in [0, 0.05) is 31.7 Å². The quantitative estimate of drug-likeness (QED) is 0.179. The maximum absolute atomic E-state index is 4.72. The number of aliphatic imine (C=N–C) groups is 2. The predicted octanol–water partition coefficient (Wildman–Crippen LogP) is 39.7. The first-order valence-electron chi connectivity index (χ1n) is 51.9. The topological polar surface area (TPSA) is 128 Å². The summed E-state index contributed by atoms with van der Waals surface area (Å²) < 4.78 is 4.72. The fraction of sp³-hybridized carbons (Fsp3) is 0.822. The van der Waals surface area contributed by atoms with Crippen molar-refractivity contribution in [3.05, 3.63) is 85.1 Å². The molecule has 7 aliphatic carbocycles. The van der Waals surface area contributed by atoms with Crippen molar-refractivity contribution in [3.63, 3.8) is 0 Å². The van der Waals surface area contributed by atoms with Gasteiger partial charge in [-0.3, -0.25) is 9.98 Å². The summed E-state index contributed by atoms with van der Waals surface area (Å²) in [5.41, 5.74) is 16.9. The molecule has 0 aromatic heterocycles. The van der Waals surface area contributed by atoms with Gasteiger partial charge in [0.2, 0.25) is 0 Å². The lowest BCUT2D eigenvalue weighted by atomic mass is 9.97. The SMILES string of the molecule is C1=CCCC1.C1=CCN=C1.C1=NCCNN1.C1=NNCCC1.C1=NNCCO1.C1=NOCCC1.C1CCCC1.C1CCCCC1.C=C1C=CCC1.C=C1CCCC1.C=C1CCCC1.C=C1CCCCC1.CC.CC.CC.CC.CC.CC.CC.CC.CC.CC.CC.CC.CC.CC.CC.CC.CC.CC.CC.CC.CC.CC.CC.CC. The van der Waals surface area contributed by atoms with E-state index >= 15 is 0 Å². The van der Waals surface area contributed by atoms with Crippen LogP contribution in [0.15, 0.2) is 110 Å². The van der Waals surface area contributed by atoms with Crippen LogP contribution in [-0.2, 0) is 9.57 Å². The second kappa shape index (κ2) is 290. The van der Waals surface area contributed by atoms with Gasteiger partial charge in [0.15, 0.2) is 6.40 Å². The number of nitrogens with zero attached hydrogens (tertiary/aromatic N) is 5. The first kappa shape index (κ1) is 179. The number of nitrogens with one attached hydrogen (secondary N) is 4. The van der Waals surface area contributed by atoms with E-state index in [4.69, 9.17) is 4.74 Å². The Kier molecular flexibility index (Phi) is 440. The molecule has 12 aliphatic rings. The third kappa shape index (κ3) is 282. The highest BCUT2D eigenvalue weighted by Gasteiger charge is 2.03. The molecule has 12 rings (SSSR count). The average Bonchev–Trinajstić information content (AvgIpc) is 1.20. The van der Waals surface area contributed by atoms with Crippen LogP contribution in [0.3, 0.4) is 0 Å². The Morgan fingerprint density at radius 2 is 0.619 bits per heavy atom. The molecule has 0 unspecified atom stereocenters.